The number of aromatic carboxylic acids is 1. The van der Waals surface area contributed by atoms with E-state index in [0.717, 1.165) is 6.07 Å². The van der Waals surface area contributed by atoms with Gasteiger partial charge < -0.3 is 19.7 Å². The first-order valence-corrected chi connectivity index (χ1v) is 6.24. The molecule has 0 saturated carbocycles. The van der Waals surface area contributed by atoms with Crippen LogP contribution < -0.4 is 10.1 Å². The van der Waals surface area contributed by atoms with Crippen LogP contribution in [0.3, 0.4) is 0 Å². The molecule has 1 aromatic carbocycles. The quantitative estimate of drug-likeness (QED) is 0.876. The van der Waals surface area contributed by atoms with Gasteiger partial charge in [-0.05, 0) is 38.1 Å². The fourth-order valence-electron chi connectivity index (χ4n) is 1.57. The van der Waals surface area contributed by atoms with Crippen LogP contribution in [0.1, 0.15) is 34.9 Å². The van der Waals surface area contributed by atoms with E-state index >= 15 is 0 Å². The van der Waals surface area contributed by atoms with Crippen molar-refractivity contribution < 1.29 is 24.0 Å². The van der Waals surface area contributed by atoms with E-state index in [0.29, 0.717) is 11.4 Å². The van der Waals surface area contributed by atoms with Crippen LogP contribution in [0, 0.1) is 0 Å². The molecule has 0 radical (unpaired) electrons. The lowest BCUT2D eigenvalue weighted by Crippen LogP contribution is -2.12. The summed E-state index contributed by atoms with van der Waals surface area (Å²) >= 11 is 0. The number of ether oxygens (including phenoxy) is 1. The maximum absolute atomic E-state index is 11.9. The molecule has 7 nitrogen and oxygen atoms in total. The molecule has 0 aliphatic heterocycles. The third-order valence-corrected chi connectivity index (χ3v) is 2.44. The van der Waals surface area contributed by atoms with Gasteiger partial charge >= 0.3 is 5.97 Å². The number of carboxylic acid groups (broad SMARTS) is 1. The predicted molar refractivity (Wildman–Crippen MR) is 73.6 cm³/mol. The van der Waals surface area contributed by atoms with E-state index in [4.69, 9.17) is 9.84 Å². The van der Waals surface area contributed by atoms with Gasteiger partial charge in [0.15, 0.2) is 5.69 Å². The van der Waals surface area contributed by atoms with Gasteiger partial charge in [0.25, 0.3) is 5.91 Å². The number of nitrogens with zero attached hydrogens (tertiary/aromatic N) is 1. The standard InChI is InChI=1S/C14H14N2O5/c1-8(2)20-10-5-3-9(4-6-10)15-13(17)11-7-12(14(18)19)21-16-11/h3-8H,1-2H3,(H,15,17)(H,18,19). The molecule has 0 fully saturated rings. The van der Waals surface area contributed by atoms with Gasteiger partial charge in [0.05, 0.1) is 6.10 Å². The molecular formula is C14H14N2O5. The number of nitrogens with one attached hydrogen (secondary N) is 1. The number of anilines is 1. The van der Waals surface area contributed by atoms with E-state index in [1.807, 2.05) is 13.8 Å². The summed E-state index contributed by atoms with van der Waals surface area (Å²) in [7, 11) is 0. The third kappa shape index (κ3) is 3.82. The zero-order valence-corrected chi connectivity index (χ0v) is 11.5. The molecule has 0 aliphatic carbocycles. The minimum atomic E-state index is -1.28. The van der Waals surface area contributed by atoms with Crippen molar-refractivity contribution in [3.63, 3.8) is 0 Å². The number of hydrogen-bond donors (Lipinski definition) is 2. The van der Waals surface area contributed by atoms with Crippen molar-refractivity contribution in [2.45, 2.75) is 20.0 Å². The Morgan fingerprint density at radius 2 is 1.95 bits per heavy atom. The van der Waals surface area contributed by atoms with E-state index < -0.39 is 11.9 Å². The number of carbonyl (C=O) groups is 2. The Morgan fingerprint density at radius 3 is 2.48 bits per heavy atom. The summed E-state index contributed by atoms with van der Waals surface area (Å²) < 4.78 is 10.0. The van der Waals surface area contributed by atoms with Crippen molar-refractivity contribution in [3.8, 4) is 5.75 Å². The highest BCUT2D eigenvalue weighted by atomic mass is 16.5. The van der Waals surface area contributed by atoms with Gasteiger partial charge in [-0.3, -0.25) is 4.79 Å². The van der Waals surface area contributed by atoms with E-state index in [1.165, 1.54) is 0 Å². The Hall–Kier alpha value is -2.83. The maximum atomic E-state index is 11.9. The van der Waals surface area contributed by atoms with Crippen LogP contribution in [-0.2, 0) is 0 Å². The second-order valence-corrected chi connectivity index (χ2v) is 4.53. The summed E-state index contributed by atoms with van der Waals surface area (Å²) in [5.74, 6) is -1.53. The molecular weight excluding hydrogens is 276 g/mol. The topological polar surface area (TPSA) is 102 Å². The monoisotopic (exact) mass is 290 g/mol. The van der Waals surface area contributed by atoms with Gasteiger partial charge in [-0.25, -0.2) is 4.79 Å². The van der Waals surface area contributed by atoms with Gasteiger partial charge in [0.2, 0.25) is 5.76 Å². The Bertz CT molecular complexity index is 646. The smallest absolute Gasteiger partial charge is 0.374 e. The number of benzene rings is 1. The van der Waals surface area contributed by atoms with Gasteiger partial charge in [0, 0.05) is 11.8 Å². The van der Waals surface area contributed by atoms with Crippen LogP contribution in [0.15, 0.2) is 34.9 Å². The van der Waals surface area contributed by atoms with Crippen molar-refractivity contribution >= 4 is 17.6 Å². The van der Waals surface area contributed by atoms with Gasteiger partial charge in [-0.1, -0.05) is 5.16 Å². The number of aromatic nitrogens is 1. The zero-order valence-electron chi connectivity index (χ0n) is 11.5. The summed E-state index contributed by atoms with van der Waals surface area (Å²) in [6.45, 7) is 3.83. The summed E-state index contributed by atoms with van der Waals surface area (Å²) in [5.41, 5.74) is 0.436. The molecule has 1 amide bonds. The van der Waals surface area contributed by atoms with Gasteiger partial charge in [-0.2, -0.15) is 0 Å². The molecule has 0 atom stereocenters. The highest BCUT2D eigenvalue weighted by molar-refractivity contribution is 6.03. The average molecular weight is 290 g/mol. The lowest BCUT2D eigenvalue weighted by molar-refractivity contribution is 0.0651. The Balaban J connectivity index is 2.03. The molecule has 0 spiro atoms. The lowest BCUT2D eigenvalue weighted by atomic mass is 10.2. The molecule has 1 aromatic heterocycles. The Kier molecular flexibility index (Phi) is 4.22. The van der Waals surface area contributed by atoms with Crippen molar-refractivity contribution in [2.75, 3.05) is 5.32 Å². The largest absolute Gasteiger partial charge is 0.491 e. The van der Waals surface area contributed by atoms with Crippen LogP contribution in [0.4, 0.5) is 5.69 Å². The van der Waals surface area contributed by atoms with Gasteiger partial charge in [-0.15, -0.1) is 0 Å². The number of amides is 1. The molecule has 0 unspecified atom stereocenters. The second-order valence-electron chi connectivity index (χ2n) is 4.53. The van der Waals surface area contributed by atoms with Crippen LogP contribution in [0.25, 0.3) is 0 Å². The Morgan fingerprint density at radius 1 is 1.29 bits per heavy atom. The van der Waals surface area contributed by atoms with Crippen molar-refractivity contribution in [3.05, 3.63) is 41.8 Å². The molecule has 2 aromatic rings. The molecule has 0 bridgehead atoms. The molecule has 0 saturated heterocycles. The van der Waals surface area contributed by atoms with E-state index in [9.17, 15) is 9.59 Å². The van der Waals surface area contributed by atoms with Crippen LogP contribution in [0.5, 0.6) is 5.75 Å². The molecule has 2 rings (SSSR count). The van der Waals surface area contributed by atoms with Crippen molar-refractivity contribution in [1.29, 1.82) is 0 Å². The normalized spacial score (nSPS) is 10.4. The predicted octanol–water partition coefficient (Wildman–Crippen LogP) is 2.41. The fraction of sp³-hybridized carbons (Fsp3) is 0.214. The summed E-state index contributed by atoms with van der Waals surface area (Å²) in [6, 6.07) is 7.86. The molecule has 110 valence electrons. The summed E-state index contributed by atoms with van der Waals surface area (Å²) in [4.78, 5) is 22.5. The Labute approximate surface area is 120 Å². The third-order valence-electron chi connectivity index (χ3n) is 2.44. The summed E-state index contributed by atoms with van der Waals surface area (Å²) in [6.07, 6.45) is 0.0648. The highest BCUT2D eigenvalue weighted by Crippen LogP contribution is 2.17. The first-order chi connectivity index (χ1) is 9.95. The first-order valence-electron chi connectivity index (χ1n) is 6.24. The maximum Gasteiger partial charge on any atom is 0.374 e. The number of hydrogen-bond acceptors (Lipinski definition) is 5. The summed E-state index contributed by atoms with van der Waals surface area (Å²) in [5, 5.41) is 14.7. The minimum absolute atomic E-state index is 0.0648. The number of carboxylic acids is 1. The van der Waals surface area contributed by atoms with Crippen LogP contribution in [0.2, 0.25) is 0 Å². The fourth-order valence-corrected chi connectivity index (χ4v) is 1.57. The van der Waals surface area contributed by atoms with E-state index in [2.05, 4.69) is 15.0 Å². The van der Waals surface area contributed by atoms with E-state index in [1.54, 1.807) is 24.3 Å². The second kappa shape index (κ2) is 6.08. The van der Waals surface area contributed by atoms with Crippen molar-refractivity contribution in [1.82, 2.24) is 5.16 Å². The first kappa shape index (κ1) is 14.6. The number of carbonyl (C=O) groups excluding carboxylic acids is 1. The molecule has 7 heteroatoms. The molecule has 21 heavy (non-hydrogen) atoms. The minimum Gasteiger partial charge on any atom is -0.491 e. The SMILES string of the molecule is CC(C)Oc1ccc(NC(=O)c2cc(C(=O)O)on2)cc1. The highest BCUT2D eigenvalue weighted by Gasteiger charge is 2.16. The lowest BCUT2D eigenvalue weighted by Gasteiger charge is -2.10. The van der Waals surface area contributed by atoms with E-state index in [-0.39, 0.29) is 17.6 Å². The molecule has 0 aliphatic rings. The average Bonchev–Trinajstić information content (AvgIpc) is 2.90. The van der Waals surface area contributed by atoms with Gasteiger partial charge in [0.1, 0.15) is 5.75 Å². The van der Waals surface area contributed by atoms with Crippen LogP contribution >= 0.6 is 0 Å². The zero-order chi connectivity index (χ0) is 15.4. The molecule has 2 N–H and O–H groups in total. The number of rotatable bonds is 5. The van der Waals surface area contributed by atoms with Crippen LogP contribution in [-0.4, -0.2) is 28.2 Å². The molecule has 1 heterocycles. The van der Waals surface area contributed by atoms with Crippen molar-refractivity contribution in [2.24, 2.45) is 0 Å².